The zero-order chi connectivity index (χ0) is 9.07. The predicted octanol–water partition coefficient (Wildman–Crippen LogP) is 3.72. The maximum absolute atomic E-state index is 3.79. The van der Waals surface area contributed by atoms with Crippen LogP contribution in [0.5, 0.6) is 0 Å². The van der Waals surface area contributed by atoms with Gasteiger partial charge in [0.2, 0.25) is 0 Å². The molecule has 0 radical (unpaired) electrons. The lowest BCUT2D eigenvalue weighted by Crippen LogP contribution is -2.08. The van der Waals surface area contributed by atoms with Crippen molar-refractivity contribution in [1.29, 1.82) is 0 Å². The highest BCUT2D eigenvalue weighted by Crippen LogP contribution is 2.28. The Balaban J connectivity index is 4.95. The Morgan fingerprint density at radius 1 is 1.09 bits per heavy atom. The van der Waals surface area contributed by atoms with Gasteiger partial charge in [0, 0.05) is 0 Å². The van der Waals surface area contributed by atoms with Gasteiger partial charge in [-0.05, 0) is 23.5 Å². The van der Waals surface area contributed by atoms with Crippen LogP contribution in [0.15, 0.2) is 36.5 Å². The average Bonchev–Trinajstić information content (AvgIpc) is 1.86. The van der Waals surface area contributed by atoms with Gasteiger partial charge in [0.15, 0.2) is 0 Å². The third-order valence-electron chi connectivity index (χ3n) is 1.74. The molecular weight excluding hydrogens is 132 g/mol. The minimum absolute atomic E-state index is 0.181. The van der Waals surface area contributed by atoms with Crippen LogP contribution in [0.3, 0.4) is 0 Å². The van der Waals surface area contributed by atoms with E-state index in [1.807, 2.05) is 12.2 Å². The Morgan fingerprint density at radius 2 is 1.55 bits per heavy atom. The second-order valence-electron chi connectivity index (χ2n) is 3.75. The molecule has 0 bridgehead atoms. The highest BCUT2D eigenvalue weighted by atomic mass is 14.2. The molecule has 0 heteroatoms. The summed E-state index contributed by atoms with van der Waals surface area (Å²) in [4.78, 5) is 0. The van der Waals surface area contributed by atoms with Crippen molar-refractivity contribution in [2.45, 2.75) is 27.7 Å². The first-order chi connectivity index (χ1) is 4.93. The molecule has 0 aliphatic carbocycles. The van der Waals surface area contributed by atoms with Gasteiger partial charge in [-0.3, -0.25) is 0 Å². The van der Waals surface area contributed by atoms with Gasteiger partial charge in [0.25, 0.3) is 0 Å². The first-order valence-corrected chi connectivity index (χ1v) is 3.89. The van der Waals surface area contributed by atoms with Crippen LogP contribution in [0.25, 0.3) is 0 Å². The van der Waals surface area contributed by atoms with Crippen molar-refractivity contribution in [2.24, 2.45) is 5.41 Å². The van der Waals surface area contributed by atoms with E-state index in [4.69, 9.17) is 0 Å². The highest BCUT2D eigenvalue weighted by molar-refractivity contribution is 5.33. The molecule has 0 unspecified atom stereocenters. The summed E-state index contributed by atoms with van der Waals surface area (Å²) in [6.07, 6.45) is 3.79. The number of hydrogen-bond donors (Lipinski definition) is 0. The maximum Gasteiger partial charge on any atom is -0.0129 e. The molecule has 0 aliphatic rings. The van der Waals surface area contributed by atoms with Crippen LogP contribution < -0.4 is 0 Å². The van der Waals surface area contributed by atoms with Crippen molar-refractivity contribution in [3.05, 3.63) is 36.5 Å². The average molecular weight is 150 g/mol. The molecule has 0 aromatic carbocycles. The Kier molecular flexibility index (Phi) is 3.31. The van der Waals surface area contributed by atoms with Gasteiger partial charge in [-0.25, -0.2) is 0 Å². The van der Waals surface area contributed by atoms with Gasteiger partial charge >= 0.3 is 0 Å². The summed E-state index contributed by atoms with van der Waals surface area (Å²) in [5, 5.41) is 0. The van der Waals surface area contributed by atoms with Gasteiger partial charge in [-0.15, -0.1) is 0 Å². The van der Waals surface area contributed by atoms with E-state index in [2.05, 4.69) is 40.9 Å². The Labute approximate surface area is 70.3 Å². The molecule has 0 spiro atoms. The lowest BCUT2D eigenvalue weighted by molar-refractivity contribution is 0.513. The summed E-state index contributed by atoms with van der Waals surface area (Å²) < 4.78 is 0. The first kappa shape index (κ1) is 10.2. The topological polar surface area (TPSA) is 0 Å². The number of allylic oxidation sites excluding steroid dienone is 4. The molecule has 0 saturated heterocycles. The van der Waals surface area contributed by atoms with Crippen LogP contribution in [0.2, 0.25) is 0 Å². The van der Waals surface area contributed by atoms with Crippen molar-refractivity contribution >= 4 is 0 Å². The highest BCUT2D eigenvalue weighted by Gasteiger charge is 2.15. The summed E-state index contributed by atoms with van der Waals surface area (Å²) in [5.74, 6) is 0. The van der Waals surface area contributed by atoms with E-state index in [1.165, 1.54) is 11.1 Å². The molecule has 0 atom stereocenters. The van der Waals surface area contributed by atoms with Gasteiger partial charge in [0.05, 0.1) is 0 Å². The van der Waals surface area contributed by atoms with Gasteiger partial charge in [-0.1, -0.05) is 46.1 Å². The monoisotopic (exact) mass is 150 g/mol. The predicted molar refractivity (Wildman–Crippen MR) is 52.5 cm³/mol. The van der Waals surface area contributed by atoms with E-state index >= 15 is 0 Å². The third-order valence-corrected chi connectivity index (χ3v) is 1.74. The standard InChI is InChI=1S/C11H18/c1-7-9(3)10(8-2)11(4,5)6/h7-8H,1-2H2,3-6H3/b10-9+. The molecule has 11 heavy (non-hydrogen) atoms. The molecule has 0 saturated carbocycles. The molecule has 0 aliphatic heterocycles. The fourth-order valence-electron chi connectivity index (χ4n) is 1.17. The summed E-state index contributed by atoms with van der Waals surface area (Å²) in [6, 6.07) is 0. The van der Waals surface area contributed by atoms with Crippen LogP contribution in [-0.4, -0.2) is 0 Å². The zero-order valence-electron chi connectivity index (χ0n) is 8.07. The smallest absolute Gasteiger partial charge is 0.0129 e. The molecule has 0 heterocycles. The third kappa shape index (κ3) is 2.75. The minimum Gasteiger partial charge on any atom is -0.0988 e. The van der Waals surface area contributed by atoms with Gasteiger partial charge in [0.1, 0.15) is 0 Å². The van der Waals surface area contributed by atoms with Crippen LogP contribution in [0.4, 0.5) is 0 Å². The van der Waals surface area contributed by atoms with Crippen molar-refractivity contribution in [3.63, 3.8) is 0 Å². The second-order valence-corrected chi connectivity index (χ2v) is 3.75. The number of hydrogen-bond acceptors (Lipinski definition) is 0. The second kappa shape index (κ2) is 3.56. The lowest BCUT2D eigenvalue weighted by Gasteiger charge is -2.21. The van der Waals surface area contributed by atoms with Crippen molar-refractivity contribution in [2.75, 3.05) is 0 Å². The molecule has 0 amide bonds. The quantitative estimate of drug-likeness (QED) is 0.526. The summed E-state index contributed by atoms with van der Waals surface area (Å²) in [5.41, 5.74) is 2.67. The van der Waals surface area contributed by atoms with E-state index in [0.717, 1.165) is 0 Å². The van der Waals surface area contributed by atoms with E-state index in [0.29, 0.717) is 0 Å². The van der Waals surface area contributed by atoms with Gasteiger partial charge in [-0.2, -0.15) is 0 Å². The molecule has 0 aromatic heterocycles. The molecule has 0 fully saturated rings. The molecular formula is C11H18. The van der Waals surface area contributed by atoms with Crippen molar-refractivity contribution in [3.8, 4) is 0 Å². The van der Waals surface area contributed by atoms with Crippen molar-refractivity contribution in [1.82, 2.24) is 0 Å². The summed E-state index contributed by atoms with van der Waals surface area (Å²) >= 11 is 0. The SMILES string of the molecule is C=C/C(C)=C(\C=C)C(C)(C)C. The van der Waals surface area contributed by atoms with Crippen LogP contribution in [0.1, 0.15) is 27.7 Å². The maximum atomic E-state index is 3.79. The van der Waals surface area contributed by atoms with E-state index in [9.17, 15) is 0 Å². The summed E-state index contributed by atoms with van der Waals surface area (Å²) in [7, 11) is 0. The van der Waals surface area contributed by atoms with E-state index in [-0.39, 0.29) is 5.41 Å². The van der Waals surface area contributed by atoms with E-state index in [1.54, 1.807) is 0 Å². The van der Waals surface area contributed by atoms with Crippen LogP contribution in [0, 0.1) is 5.41 Å². The largest absolute Gasteiger partial charge is 0.0988 e. The van der Waals surface area contributed by atoms with Crippen LogP contribution >= 0.6 is 0 Å². The van der Waals surface area contributed by atoms with Crippen LogP contribution in [-0.2, 0) is 0 Å². The molecule has 0 aromatic rings. The minimum atomic E-state index is 0.181. The fraction of sp³-hybridized carbons (Fsp3) is 0.455. The summed E-state index contributed by atoms with van der Waals surface area (Å²) in [6.45, 7) is 16.1. The molecule has 0 nitrogen and oxygen atoms in total. The zero-order valence-corrected chi connectivity index (χ0v) is 8.07. The van der Waals surface area contributed by atoms with Crippen molar-refractivity contribution < 1.29 is 0 Å². The fourth-order valence-corrected chi connectivity index (χ4v) is 1.17. The Morgan fingerprint density at radius 3 is 1.64 bits per heavy atom. The lowest BCUT2D eigenvalue weighted by atomic mass is 9.83. The molecule has 0 rings (SSSR count). The first-order valence-electron chi connectivity index (χ1n) is 3.89. The number of rotatable bonds is 2. The Hall–Kier alpha value is -0.780. The van der Waals surface area contributed by atoms with Gasteiger partial charge < -0.3 is 0 Å². The normalized spacial score (nSPS) is 13.8. The molecule has 62 valence electrons. The Bertz CT molecular complexity index is 187. The molecule has 0 N–H and O–H groups in total. The van der Waals surface area contributed by atoms with E-state index < -0.39 is 0 Å².